The van der Waals surface area contributed by atoms with Gasteiger partial charge in [0.2, 0.25) is 0 Å². The van der Waals surface area contributed by atoms with Gasteiger partial charge in [-0.15, -0.1) is 0 Å². The van der Waals surface area contributed by atoms with E-state index in [1.165, 1.54) is 11.1 Å². The summed E-state index contributed by atoms with van der Waals surface area (Å²) in [5, 5.41) is 21.9. The fraction of sp³-hybridized carbons (Fsp3) is 0.533. The van der Waals surface area contributed by atoms with E-state index in [1.807, 2.05) is 6.07 Å². The highest BCUT2D eigenvalue weighted by Crippen LogP contribution is 2.44. The van der Waals surface area contributed by atoms with Crippen LogP contribution in [-0.2, 0) is 10.8 Å². The van der Waals surface area contributed by atoms with Gasteiger partial charge in [0.05, 0.1) is 0 Å². The lowest BCUT2D eigenvalue weighted by Gasteiger charge is -2.30. The molecule has 0 spiro atoms. The van der Waals surface area contributed by atoms with Gasteiger partial charge in [-0.3, -0.25) is 0 Å². The zero-order valence-corrected chi connectivity index (χ0v) is 22.0. The van der Waals surface area contributed by atoms with E-state index in [0.29, 0.717) is 11.5 Å². The Kier molecular flexibility index (Phi) is 7.92. The number of aryl methyl sites for hydroxylation is 1. The molecule has 0 aliphatic heterocycles. The normalized spacial score (nSPS) is 13.7. The van der Waals surface area contributed by atoms with Crippen LogP contribution in [0.2, 0.25) is 0 Å². The van der Waals surface area contributed by atoms with Gasteiger partial charge >= 0.3 is 0 Å². The van der Waals surface area contributed by atoms with Gasteiger partial charge < -0.3 is 10.2 Å². The van der Waals surface area contributed by atoms with Crippen molar-refractivity contribution < 1.29 is 10.2 Å². The van der Waals surface area contributed by atoms with Crippen LogP contribution in [0.1, 0.15) is 120 Å². The molecule has 0 saturated heterocycles. The molecule has 0 amide bonds. The zero-order valence-electron chi connectivity index (χ0n) is 22.0. The molecule has 0 aromatic heterocycles. The minimum absolute atomic E-state index is 0.140. The van der Waals surface area contributed by atoms with Crippen LogP contribution in [0.4, 0.5) is 0 Å². The van der Waals surface area contributed by atoms with Crippen molar-refractivity contribution in [1.82, 2.24) is 0 Å². The van der Waals surface area contributed by atoms with Gasteiger partial charge in [-0.25, -0.2) is 0 Å². The van der Waals surface area contributed by atoms with Crippen LogP contribution in [-0.4, -0.2) is 10.2 Å². The maximum absolute atomic E-state index is 11.2. The molecule has 1 atom stereocenters. The molecule has 0 heterocycles. The van der Waals surface area contributed by atoms with Gasteiger partial charge in [-0.1, -0.05) is 86.1 Å². The summed E-state index contributed by atoms with van der Waals surface area (Å²) in [6.45, 7) is 21.5. The molecule has 0 saturated carbocycles. The van der Waals surface area contributed by atoms with E-state index in [-0.39, 0.29) is 16.7 Å². The smallest absolute Gasteiger partial charge is 0.126 e. The number of hydrogen-bond acceptors (Lipinski definition) is 2. The van der Waals surface area contributed by atoms with Gasteiger partial charge in [-0.05, 0) is 71.4 Å². The molecule has 0 fully saturated rings. The molecule has 0 radical (unpaired) electrons. The van der Waals surface area contributed by atoms with E-state index < -0.39 is 0 Å². The summed E-state index contributed by atoms with van der Waals surface area (Å²) >= 11 is 0. The van der Waals surface area contributed by atoms with E-state index in [4.69, 9.17) is 0 Å². The molecule has 2 aromatic rings. The summed E-state index contributed by atoms with van der Waals surface area (Å²) in [4.78, 5) is 0. The molecule has 0 bridgehead atoms. The topological polar surface area (TPSA) is 40.5 Å². The number of phenolic OH excluding ortho intramolecular Hbond substituents is 2. The van der Waals surface area contributed by atoms with Crippen molar-refractivity contribution in [2.45, 2.75) is 105 Å². The first kappa shape index (κ1) is 26.0. The molecule has 2 heteroatoms. The summed E-state index contributed by atoms with van der Waals surface area (Å²) in [7, 11) is 0. The Bertz CT molecular complexity index is 982. The average molecular weight is 437 g/mol. The summed E-state index contributed by atoms with van der Waals surface area (Å²) in [5.41, 5.74) is 7.40. The number of rotatable bonds is 6. The molecule has 2 N–H and O–H groups in total. The fourth-order valence-corrected chi connectivity index (χ4v) is 4.64. The summed E-state index contributed by atoms with van der Waals surface area (Å²) in [5.74, 6) is 0.979. The molecule has 2 aromatic carbocycles. The number of hydrogen-bond donors (Lipinski definition) is 2. The van der Waals surface area contributed by atoms with Gasteiger partial charge in [0.25, 0.3) is 0 Å². The third-order valence-corrected chi connectivity index (χ3v) is 6.50. The van der Waals surface area contributed by atoms with Crippen LogP contribution < -0.4 is 0 Å². The lowest BCUT2D eigenvalue weighted by Crippen LogP contribution is -2.16. The first-order valence-corrected chi connectivity index (χ1v) is 12.1. The maximum Gasteiger partial charge on any atom is 0.126 e. The minimum Gasteiger partial charge on any atom is -0.508 e. The number of aromatic hydroxyl groups is 2. The van der Waals surface area contributed by atoms with Crippen molar-refractivity contribution in [2.24, 2.45) is 0 Å². The molecule has 2 rings (SSSR count). The van der Waals surface area contributed by atoms with Crippen LogP contribution in [0.25, 0.3) is 6.08 Å². The second-order valence-corrected chi connectivity index (χ2v) is 11.3. The largest absolute Gasteiger partial charge is 0.508 e. The van der Waals surface area contributed by atoms with Crippen LogP contribution >= 0.6 is 0 Å². The van der Waals surface area contributed by atoms with E-state index in [2.05, 4.69) is 93.5 Å². The second-order valence-electron chi connectivity index (χ2n) is 11.3. The van der Waals surface area contributed by atoms with Crippen molar-refractivity contribution in [2.75, 3.05) is 0 Å². The molecule has 0 aliphatic rings. The van der Waals surface area contributed by atoms with E-state index in [0.717, 1.165) is 47.1 Å². The average Bonchev–Trinajstić information content (AvgIpc) is 2.65. The number of phenols is 2. The van der Waals surface area contributed by atoms with Gasteiger partial charge in [0.1, 0.15) is 11.5 Å². The third-order valence-electron chi connectivity index (χ3n) is 6.50. The maximum atomic E-state index is 11.2. The van der Waals surface area contributed by atoms with Crippen molar-refractivity contribution in [3.05, 3.63) is 63.2 Å². The number of allylic oxidation sites excluding steroid dienone is 1. The highest BCUT2D eigenvalue weighted by atomic mass is 16.3. The van der Waals surface area contributed by atoms with Gasteiger partial charge in [0, 0.05) is 17.0 Å². The van der Waals surface area contributed by atoms with Crippen molar-refractivity contribution in [3.8, 4) is 11.5 Å². The van der Waals surface area contributed by atoms with E-state index in [1.54, 1.807) is 0 Å². The monoisotopic (exact) mass is 436 g/mol. The van der Waals surface area contributed by atoms with Crippen LogP contribution in [0.15, 0.2) is 24.3 Å². The second kappa shape index (κ2) is 9.73. The summed E-state index contributed by atoms with van der Waals surface area (Å²) in [6.07, 6.45) is 7.20. The highest BCUT2D eigenvalue weighted by Gasteiger charge is 2.28. The highest BCUT2D eigenvalue weighted by molar-refractivity contribution is 5.67. The number of benzene rings is 2. The van der Waals surface area contributed by atoms with Crippen molar-refractivity contribution >= 4 is 6.08 Å². The first-order valence-electron chi connectivity index (χ1n) is 12.1. The van der Waals surface area contributed by atoms with Crippen LogP contribution in [0, 0.1) is 13.8 Å². The Morgan fingerprint density at radius 3 is 1.91 bits per heavy atom. The zero-order chi connectivity index (χ0) is 24.4. The standard InChI is InChI=1S/C30H44O2/c1-11-13-15-21-20(4)24(18-26(28(21)32)30(8,9)10)22(14-12-2)23-17-25(29(5,6)7)27(31)16-19(23)3/h13,15-18,22,31-32H,11-12,14H2,1-10H3/b15-13+. The Labute approximate surface area is 196 Å². The van der Waals surface area contributed by atoms with Crippen molar-refractivity contribution in [3.63, 3.8) is 0 Å². The van der Waals surface area contributed by atoms with Gasteiger partial charge in [0.15, 0.2) is 0 Å². The Hall–Kier alpha value is -2.22. The predicted octanol–water partition coefficient (Wildman–Crippen LogP) is 8.66. The Balaban J connectivity index is 2.89. The van der Waals surface area contributed by atoms with Gasteiger partial charge in [-0.2, -0.15) is 0 Å². The summed E-state index contributed by atoms with van der Waals surface area (Å²) in [6, 6.07) is 6.38. The molecule has 2 nitrogen and oxygen atoms in total. The SMILES string of the molecule is CC/C=C/c1c(C)c(C(CCC)c2cc(C(C)(C)C)c(O)cc2C)cc(C(C)(C)C)c1O. The van der Waals surface area contributed by atoms with Crippen LogP contribution in [0.5, 0.6) is 11.5 Å². The molecule has 0 aliphatic carbocycles. The van der Waals surface area contributed by atoms with E-state index in [9.17, 15) is 10.2 Å². The van der Waals surface area contributed by atoms with Crippen LogP contribution in [0.3, 0.4) is 0 Å². The lowest BCUT2D eigenvalue weighted by atomic mass is 9.75. The summed E-state index contributed by atoms with van der Waals surface area (Å²) < 4.78 is 0. The first-order chi connectivity index (χ1) is 14.7. The Morgan fingerprint density at radius 1 is 0.844 bits per heavy atom. The van der Waals surface area contributed by atoms with E-state index >= 15 is 0 Å². The molecular weight excluding hydrogens is 392 g/mol. The fourth-order valence-electron chi connectivity index (χ4n) is 4.64. The predicted molar refractivity (Wildman–Crippen MR) is 139 cm³/mol. The molecule has 1 unspecified atom stereocenters. The van der Waals surface area contributed by atoms with Crippen molar-refractivity contribution in [1.29, 1.82) is 0 Å². The minimum atomic E-state index is -0.168. The quantitative estimate of drug-likeness (QED) is 0.475. The molecule has 32 heavy (non-hydrogen) atoms. The molecular formula is C30H44O2. The molecule has 176 valence electrons. The Morgan fingerprint density at radius 2 is 1.41 bits per heavy atom. The third kappa shape index (κ3) is 5.39. The lowest BCUT2D eigenvalue weighted by molar-refractivity contribution is 0.444.